The molecular formula is C12H17BrN2O5S. The predicted molar refractivity (Wildman–Crippen MR) is 81.5 cm³/mol. The first kappa shape index (κ1) is 18.0. The van der Waals surface area contributed by atoms with Gasteiger partial charge in [-0.15, -0.1) is 0 Å². The van der Waals surface area contributed by atoms with Crippen molar-refractivity contribution < 1.29 is 18.4 Å². The van der Waals surface area contributed by atoms with E-state index in [1.165, 1.54) is 6.07 Å². The molecule has 0 aliphatic rings. The second-order valence-corrected chi connectivity index (χ2v) is 7.28. The summed E-state index contributed by atoms with van der Waals surface area (Å²) in [5.74, 6) is 0. The number of nitro groups is 1. The molecule has 0 spiro atoms. The average molecular weight is 381 g/mol. The second-order valence-electron chi connectivity index (χ2n) is 4.63. The lowest BCUT2D eigenvalue weighted by molar-refractivity contribution is -0.387. The number of hydrogen-bond acceptors (Lipinski definition) is 5. The van der Waals surface area contributed by atoms with Gasteiger partial charge in [0.1, 0.15) is 0 Å². The zero-order valence-electron chi connectivity index (χ0n) is 11.7. The molecule has 2 N–H and O–H groups in total. The van der Waals surface area contributed by atoms with E-state index in [9.17, 15) is 23.6 Å². The number of rotatable bonds is 7. The molecule has 0 unspecified atom stereocenters. The monoisotopic (exact) mass is 380 g/mol. The highest BCUT2D eigenvalue weighted by atomic mass is 79.9. The maximum Gasteiger partial charge on any atom is 0.289 e. The Bertz CT molecular complexity index is 629. The van der Waals surface area contributed by atoms with Crippen LogP contribution in [-0.4, -0.2) is 30.6 Å². The number of benzene rings is 1. The largest absolute Gasteiger partial charge is 0.389 e. The van der Waals surface area contributed by atoms with Crippen molar-refractivity contribution >= 4 is 31.6 Å². The molecule has 0 aromatic heterocycles. The fourth-order valence-corrected chi connectivity index (χ4v) is 3.49. The van der Waals surface area contributed by atoms with Gasteiger partial charge >= 0.3 is 0 Å². The Hall–Kier alpha value is -1.03. The van der Waals surface area contributed by atoms with Gasteiger partial charge in [-0.25, -0.2) is 13.1 Å². The molecule has 0 saturated heterocycles. The number of sulfonamides is 1. The van der Waals surface area contributed by atoms with Crippen LogP contribution in [0.1, 0.15) is 26.7 Å². The van der Waals surface area contributed by atoms with E-state index in [-0.39, 0.29) is 6.54 Å². The van der Waals surface area contributed by atoms with Crippen LogP contribution in [0, 0.1) is 10.1 Å². The van der Waals surface area contributed by atoms with Crippen molar-refractivity contribution in [1.82, 2.24) is 4.72 Å². The van der Waals surface area contributed by atoms with Gasteiger partial charge in [-0.3, -0.25) is 10.1 Å². The summed E-state index contributed by atoms with van der Waals surface area (Å²) in [6.45, 7) is 3.27. The maximum atomic E-state index is 12.2. The summed E-state index contributed by atoms with van der Waals surface area (Å²) in [6.07, 6.45) is 0.735. The summed E-state index contributed by atoms with van der Waals surface area (Å²) in [7, 11) is -4.09. The third kappa shape index (κ3) is 4.47. The first-order valence-electron chi connectivity index (χ1n) is 6.31. The van der Waals surface area contributed by atoms with E-state index in [1.807, 2.05) is 0 Å². The van der Waals surface area contributed by atoms with Gasteiger partial charge in [0.2, 0.25) is 10.0 Å². The van der Waals surface area contributed by atoms with Gasteiger partial charge in [-0.2, -0.15) is 0 Å². The number of aliphatic hydroxyl groups is 1. The van der Waals surface area contributed by atoms with Gasteiger partial charge in [0.25, 0.3) is 5.69 Å². The van der Waals surface area contributed by atoms with Crippen molar-refractivity contribution in [2.24, 2.45) is 0 Å². The van der Waals surface area contributed by atoms with Crippen molar-refractivity contribution in [3.63, 3.8) is 0 Å². The summed E-state index contributed by atoms with van der Waals surface area (Å²) in [5.41, 5.74) is -1.68. The highest BCUT2D eigenvalue weighted by molar-refractivity contribution is 9.10. The molecule has 0 bridgehead atoms. The lowest BCUT2D eigenvalue weighted by Gasteiger charge is -2.25. The molecule has 0 radical (unpaired) electrons. The molecule has 0 heterocycles. The summed E-state index contributed by atoms with van der Waals surface area (Å²) >= 11 is 3.09. The van der Waals surface area contributed by atoms with E-state index in [4.69, 9.17) is 0 Å². The van der Waals surface area contributed by atoms with Crippen LogP contribution in [0.2, 0.25) is 0 Å². The Morgan fingerprint density at radius 2 is 1.95 bits per heavy atom. The zero-order chi connectivity index (χ0) is 16.3. The van der Waals surface area contributed by atoms with E-state index in [2.05, 4.69) is 20.7 Å². The molecule has 1 aromatic carbocycles. The number of hydrogen-bond donors (Lipinski definition) is 2. The molecule has 118 valence electrons. The van der Waals surface area contributed by atoms with Crippen LogP contribution < -0.4 is 4.72 Å². The first-order chi connectivity index (χ1) is 9.65. The van der Waals surface area contributed by atoms with Crippen molar-refractivity contribution in [3.8, 4) is 0 Å². The van der Waals surface area contributed by atoms with Gasteiger partial charge in [0, 0.05) is 17.1 Å². The van der Waals surface area contributed by atoms with Crippen LogP contribution >= 0.6 is 15.9 Å². The Morgan fingerprint density at radius 3 is 2.43 bits per heavy atom. The fourth-order valence-electron chi connectivity index (χ4n) is 1.66. The van der Waals surface area contributed by atoms with Crippen LogP contribution in [0.15, 0.2) is 27.6 Å². The van der Waals surface area contributed by atoms with Crippen molar-refractivity contribution in [1.29, 1.82) is 0 Å². The third-order valence-corrected chi connectivity index (χ3v) is 5.24. The topological polar surface area (TPSA) is 110 Å². The molecule has 0 atom stereocenters. The van der Waals surface area contributed by atoms with Gasteiger partial charge in [0.15, 0.2) is 4.90 Å². The summed E-state index contributed by atoms with van der Waals surface area (Å²) in [4.78, 5) is 9.75. The smallest absolute Gasteiger partial charge is 0.289 e. The van der Waals surface area contributed by atoms with Crippen LogP contribution in [0.5, 0.6) is 0 Å². The molecule has 21 heavy (non-hydrogen) atoms. The van der Waals surface area contributed by atoms with Crippen molar-refractivity contribution in [3.05, 3.63) is 32.8 Å². The SMILES string of the molecule is CCC(O)(CC)CNS(=O)(=O)c1cc(Br)ccc1[N+](=O)[O-]. The van der Waals surface area contributed by atoms with Crippen molar-refractivity contribution in [2.45, 2.75) is 37.2 Å². The van der Waals surface area contributed by atoms with Gasteiger partial charge in [0.05, 0.1) is 10.5 Å². The molecule has 0 saturated carbocycles. The highest BCUT2D eigenvalue weighted by Crippen LogP contribution is 2.27. The highest BCUT2D eigenvalue weighted by Gasteiger charge is 2.29. The number of nitrogens with one attached hydrogen (secondary N) is 1. The van der Waals surface area contributed by atoms with E-state index in [0.717, 1.165) is 12.1 Å². The fraction of sp³-hybridized carbons (Fsp3) is 0.500. The van der Waals surface area contributed by atoms with Crippen LogP contribution in [-0.2, 0) is 10.0 Å². The predicted octanol–water partition coefficient (Wildman–Crippen LogP) is 2.19. The standard InChI is InChI=1S/C12H17BrN2O5S/c1-3-12(16,4-2)8-14-21(19,20)11-7-9(13)5-6-10(11)15(17)18/h5-7,14,16H,3-4,8H2,1-2H3. The zero-order valence-corrected chi connectivity index (χ0v) is 14.1. The number of halogens is 1. The Balaban J connectivity index is 3.14. The molecule has 0 fully saturated rings. The average Bonchev–Trinajstić information content (AvgIpc) is 2.44. The quantitative estimate of drug-likeness (QED) is 0.556. The lowest BCUT2D eigenvalue weighted by Crippen LogP contribution is -2.42. The van der Waals surface area contributed by atoms with Crippen LogP contribution in [0.3, 0.4) is 0 Å². The van der Waals surface area contributed by atoms with Crippen molar-refractivity contribution in [2.75, 3.05) is 6.54 Å². The van der Waals surface area contributed by atoms with Gasteiger partial charge in [-0.1, -0.05) is 29.8 Å². The minimum atomic E-state index is -4.09. The van der Waals surface area contributed by atoms with E-state index < -0.39 is 31.1 Å². The molecule has 9 heteroatoms. The number of nitro benzene ring substituents is 1. The normalized spacial score (nSPS) is 12.4. The Morgan fingerprint density at radius 1 is 1.38 bits per heavy atom. The van der Waals surface area contributed by atoms with Crippen LogP contribution in [0.25, 0.3) is 0 Å². The molecule has 1 rings (SSSR count). The molecule has 7 nitrogen and oxygen atoms in total. The molecular weight excluding hydrogens is 364 g/mol. The molecule has 0 aliphatic carbocycles. The molecule has 1 aromatic rings. The number of nitrogens with zero attached hydrogens (tertiary/aromatic N) is 1. The second kappa shape index (κ2) is 6.82. The molecule has 0 amide bonds. The third-order valence-electron chi connectivity index (χ3n) is 3.32. The maximum absolute atomic E-state index is 12.2. The van der Waals surface area contributed by atoms with E-state index >= 15 is 0 Å². The van der Waals surface area contributed by atoms with E-state index in [1.54, 1.807) is 13.8 Å². The molecule has 0 aliphatic heterocycles. The minimum absolute atomic E-state index is 0.202. The summed E-state index contributed by atoms with van der Waals surface area (Å²) < 4.78 is 27.1. The lowest BCUT2D eigenvalue weighted by atomic mass is 9.98. The summed E-state index contributed by atoms with van der Waals surface area (Å²) in [5, 5.41) is 21.0. The Kier molecular flexibility index (Phi) is 5.85. The van der Waals surface area contributed by atoms with Gasteiger partial charge in [-0.05, 0) is 25.0 Å². The minimum Gasteiger partial charge on any atom is -0.389 e. The van der Waals surface area contributed by atoms with Gasteiger partial charge < -0.3 is 5.11 Å². The summed E-state index contributed by atoms with van der Waals surface area (Å²) in [6, 6.07) is 3.67. The Labute approximate surface area is 131 Å². The first-order valence-corrected chi connectivity index (χ1v) is 8.59. The van der Waals surface area contributed by atoms with Crippen LogP contribution in [0.4, 0.5) is 5.69 Å². The van der Waals surface area contributed by atoms with E-state index in [0.29, 0.717) is 17.3 Å².